The van der Waals surface area contributed by atoms with E-state index in [1.165, 1.54) is 5.54 Å². The zero-order valence-corrected chi connectivity index (χ0v) is 10.3. The van der Waals surface area contributed by atoms with E-state index >= 15 is 0 Å². The van der Waals surface area contributed by atoms with Gasteiger partial charge in [-0.3, -0.25) is 10.1 Å². The molecular weight excluding hydrogens is 225 g/mol. The van der Waals surface area contributed by atoms with Gasteiger partial charge in [0.25, 0.3) is 0 Å². The highest BCUT2D eigenvalue weighted by Gasteiger charge is 2.33. The highest BCUT2D eigenvalue weighted by atomic mass is 19.2. The molecule has 1 saturated carbocycles. The first-order valence-corrected chi connectivity index (χ1v) is 6.05. The van der Waals surface area contributed by atoms with Crippen LogP contribution < -0.4 is 16.6 Å². The summed E-state index contributed by atoms with van der Waals surface area (Å²) < 4.78 is 12.0. The van der Waals surface area contributed by atoms with E-state index in [2.05, 4.69) is 12.2 Å². The van der Waals surface area contributed by atoms with Gasteiger partial charge in [-0.25, -0.2) is 0 Å². The Morgan fingerprint density at radius 3 is 2.65 bits per heavy atom. The number of rotatable bonds is 5. The van der Waals surface area contributed by atoms with Crippen LogP contribution in [0.15, 0.2) is 0 Å². The monoisotopic (exact) mass is 247 g/mol. The summed E-state index contributed by atoms with van der Waals surface area (Å²) in [6.07, 6.45) is 1.06. The Labute approximate surface area is 101 Å². The molecule has 5 N–H and O–H groups in total. The van der Waals surface area contributed by atoms with E-state index in [1.54, 1.807) is 0 Å². The molecule has 1 aliphatic carbocycles. The summed E-state index contributed by atoms with van der Waals surface area (Å²) in [6.45, 7) is 3.97. The molecule has 4 unspecified atom stereocenters. The molecule has 0 aromatic carbocycles. The van der Waals surface area contributed by atoms with E-state index < -0.39 is 6.35 Å². The van der Waals surface area contributed by atoms with Crippen LogP contribution in [0.2, 0.25) is 0 Å². The molecule has 1 fully saturated rings. The van der Waals surface area contributed by atoms with Gasteiger partial charge < -0.3 is 10.8 Å². The van der Waals surface area contributed by atoms with Crippen LogP contribution >= 0.6 is 0 Å². The topological polar surface area (TPSA) is 87.4 Å². The predicted molar refractivity (Wildman–Crippen MR) is 62.0 cm³/mol. The molecule has 1 aliphatic rings. The van der Waals surface area contributed by atoms with Gasteiger partial charge in [-0.1, -0.05) is 6.92 Å². The number of hydrogen-bond donors (Lipinski definition) is 4. The quantitative estimate of drug-likeness (QED) is 0.414. The average Bonchev–Trinajstić information content (AvgIpc) is 2.28. The Kier molecular flexibility index (Phi) is 5.30. The van der Waals surface area contributed by atoms with Gasteiger partial charge in [-0.05, 0) is 38.0 Å². The molecule has 0 aromatic heterocycles. The Hall–Kier alpha value is -0.720. The van der Waals surface area contributed by atoms with E-state index in [1.807, 2.05) is 6.92 Å². The lowest BCUT2D eigenvalue weighted by Gasteiger charge is -2.37. The molecule has 100 valence electrons. The lowest BCUT2D eigenvalue weighted by molar-refractivity contribution is -0.123. The summed E-state index contributed by atoms with van der Waals surface area (Å²) in [5.74, 6) is 0.364. The molecular formula is C11H22FN3O2. The van der Waals surface area contributed by atoms with Crippen LogP contribution in [0, 0.1) is 17.8 Å². The van der Waals surface area contributed by atoms with Gasteiger partial charge in [0.15, 0.2) is 6.35 Å². The molecule has 5 atom stereocenters. The second-order valence-corrected chi connectivity index (χ2v) is 5.02. The number of amides is 1. The van der Waals surface area contributed by atoms with Gasteiger partial charge in [-0.2, -0.15) is 0 Å². The number of halogens is 1. The van der Waals surface area contributed by atoms with Crippen molar-refractivity contribution in [1.29, 1.82) is 0 Å². The number of primary amides is 1. The third-order valence-electron chi connectivity index (χ3n) is 3.80. The molecule has 0 radical (unpaired) electrons. The first-order chi connectivity index (χ1) is 7.95. The maximum absolute atomic E-state index is 12.0. The second kappa shape index (κ2) is 6.28. The lowest BCUT2D eigenvalue weighted by Crippen LogP contribution is -2.49. The van der Waals surface area contributed by atoms with Crippen molar-refractivity contribution in [2.75, 3.05) is 0 Å². The fourth-order valence-corrected chi connectivity index (χ4v) is 2.82. The number of hydrogen-bond acceptors (Lipinski definition) is 4. The number of carbonyl (C=O) groups is 1. The zero-order valence-electron chi connectivity index (χ0n) is 10.3. The Balaban J connectivity index is 2.48. The van der Waals surface area contributed by atoms with Gasteiger partial charge in [0.05, 0.1) is 0 Å². The maximum Gasteiger partial charge on any atom is 0.220 e. The number of aliphatic hydroxyl groups excluding tert-OH is 1. The molecule has 0 saturated heterocycles. The van der Waals surface area contributed by atoms with E-state index in [9.17, 15) is 9.28 Å². The van der Waals surface area contributed by atoms with Crippen LogP contribution in [0.1, 0.15) is 33.1 Å². The smallest absolute Gasteiger partial charge is 0.220 e. The molecule has 0 heterocycles. The summed E-state index contributed by atoms with van der Waals surface area (Å²) in [5.41, 5.74) is 6.55. The van der Waals surface area contributed by atoms with Crippen molar-refractivity contribution < 1.29 is 14.4 Å². The molecule has 0 bridgehead atoms. The average molecular weight is 247 g/mol. The molecule has 0 spiro atoms. The Morgan fingerprint density at radius 1 is 1.53 bits per heavy atom. The van der Waals surface area contributed by atoms with E-state index in [0.717, 1.165) is 19.3 Å². The van der Waals surface area contributed by atoms with Gasteiger partial charge in [0.2, 0.25) is 5.91 Å². The van der Waals surface area contributed by atoms with Crippen molar-refractivity contribution in [3.8, 4) is 0 Å². The fraction of sp³-hybridized carbons (Fsp3) is 0.909. The Morgan fingerprint density at radius 2 is 2.18 bits per heavy atom. The third kappa shape index (κ3) is 3.90. The SMILES string of the molecule is CC(NC(O)NF)C1CCC(C(N)=O)C[C@@H]1C. The number of carbonyl (C=O) groups excluding carboxylic acids is 1. The minimum Gasteiger partial charge on any atom is -0.369 e. The molecule has 0 aliphatic heterocycles. The van der Waals surface area contributed by atoms with Crippen LogP contribution in [0.3, 0.4) is 0 Å². The summed E-state index contributed by atoms with van der Waals surface area (Å²) in [6, 6.07) is -0.0166. The van der Waals surface area contributed by atoms with Gasteiger partial charge in [-0.15, -0.1) is 10.0 Å². The number of nitrogens with one attached hydrogen (secondary N) is 2. The van der Waals surface area contributed by atoms with Crippen molar-refractivity contribution in [2.45, 2.75) is 45.5 Å². The summed E-state index contributed by atoms with van der Waals surface area (Å²) in [7, 11) is 0. The number of aliphatic hydroxyl groups is 1. The van der Waals surface area contributed by atoms with Crippen LogP contribution in [-0.4, -0.2) is 23.4 Å². The van der Waals surface area contributed by atoms with E-state index in [4.69, 9.17) is 10.8 Å². The van der Waals surface area contributed by atoms with Gasteiger partial charge in [0.1, 0.15) is 0 Å². The van der Waals surface area contributed by atoms with E-state index in [-0.39, 0.29) is 17.9 Å². The molecule has 17 heavy (non-hydrogen) atoms. The van der Waals surface area contributed by atoms with Crippen LogP contribution in [-0.2, 0) is 4.79 Å². The molecule has 1 rings (SSSR count). The minimum atomic E-state index is -1.34. The van der Waals surface area contributed by atoms with Crippen LogP contribution in [0.25, 0.3) is 0 Å². The number of nitrogens with two attached hydrogens (primary N) is 1. The summed E-state index contributed by atoms with van der Waals surface area (Å²) >= 11 is 0. The highest BCUT2D eigenvalue weighted by Crippen LogP contribution is 2.35. The van der Waals surface area contributed by atoms with Crippen molar-refractivity contribution in [3.05, 3.63) is 0 Å². The lowest BCUT2D eigenvalue weighted by atomic mass is 9.72. The summed E-state index contributed by atoms with van der Waals surface area (Å²) in [4.78, 5) is 11.1. The van der Waals surface area contributed by atoms with Crippen molar-refractivity contribution >= 4 is 5.91 Å². The zero-order chi connectivity index (χ0) is 13.0. The molecule has 5 nitrogen and oxygen atoms in total. The third-order valence-corrected chi connectivity index (χ3v) is 3.80. The largest absolute Gasteiger partial charge is 0.369 e. The van der Waals surface area contributed by atoms with Crippen LogP contribution in [0.5, 0.6) is 0 Å². The highest BCUT2D eigenvalue weighted by molar-refractivity contribution is 5.76. The molecule has 6 heteroatoms. The predicted octanol–water partition coefficient (Wildman–Crippen LogP) is 0.252. The van der Waals surface area contributed by atoms with Gasteiger partial charge >= 0.3 is 0 Å². The standard InChI is InChI=1S/C11H22FN3O2/c1-6-5-8(10(13)16)3-4-9(6)7(2)14-11(17)15-12/h6-9,11,14-15,17H,3-5H2,1-2H3,(H2,13,16)/t6-,7?,8?,9?,11?/m0/s1. The van der Waals surface area contributed by atoms with E-state index in [0.29, 0.717) is 11.8 Å². The first kappa shape index (κ1) is 14.3. The minimum absolute atomic E-state index is 0.0166. The second-order valence-electron chi connectivity index (χ2n) is 5.02. The summed E-state index contributed by atoms with van der Waals surface area (Å²) in [5, 5.41) is 11.8. The fourth-order valence-electron chi connectivity index (χ4n) is 2.82. The van der Waals surface area contributed by atoms with Gasteiger partial charge in [0, 0.05) is 12.0 Å². The van der Waals surface area contributed by atoms with Crippen molar-refractivity contribution in [2.24, 2.45) is 23.5 Å². The van der Waals surface area contributed by atoms with Crippen molar-refractivity contribution in [1.82, 2.24) is 10.9 Å². The molecule has 1 amide bonds. The maximum atomic E-state index is 12.0. The normalized spacial score (nSPS) is 33.1. The Bertz CT molecular complexity index is 265. The van der Waals surface area contributed by atoms with Crippen LogP contribution in [0.4, 0.5) is 4.48 Å². The first-order valence-electron chi connectivity index (χ1n) is 6.05. The molecule has 0 aromatic rings. The van der Waals surface area contributed by atoms with Crippen molar-refractivity contribution in [3.63, 3.8) is 0 Å².